The molecule has 1 aliphatic rings. The monoisotopic (exact) mass is 488 g/mol. The van der Waals surface area contributed by atoms with E-state index in [9.17, 15) is 9.50 Å². The fourth-order valence-electron chi connectivity index (χ4n) is 4.43. The molecular formula is C25H30ClFN4O3. The maximum atomic E-state index is 13.5. The standard InChI is InChI=1S/C25H30ClFN4O3/c1-3-22(32)21-6-4-9-31(21)10-5-11-34-24-13-17-20(14-23(24)33-2)28-15-29-25(17)30-16-7-8-19(27)18(26)12-16/h7-8,12-15,21-22,32H,3-6,9-11H2,1-2H3,(H,28,29,30)/t21-,22-/m0/s1. The third-order valence-electron chi connectivity index (χ3n) is 6.23. The van der Waals surface area contributed by atoms with Gasteiger partial charge < -0.3 is 19.9 Å². The van der Waals surface area contributed by atoms with Crippen molar-refractivity contribution >= 4 is 34.0 Å². The molecule has 0 spiro atoms. The number of hydrogen-bond donors (Lipinski definition) is 2. The number of anilines is 2. The number of methoxy groups -OCH3 is 1. The van der Waals surface area contributed by atoms with Crippen molar-refractivity contribution in [2.75, 3.05) is 32.1 Å². The van der Waals surface area contributed by atoms with Crippen LogP contribution in [0.2, 0.25) is 5.02 Å². The van der Waals surface area contributed by atoms with Gasteiger partial charge in [0.15, 0.2) is 11.5 Å². The van der Waals surface area contributed by atoms with Crippen LogP contribution in [0.4, 0.5) is 15.9 Å². The quantitative estimate of drug-likeness (QED) is 0.381. The van der Waals surface area contributed by atoms with Gasteiger partial charge >= 0.3 is 0 Å². The molecular weight excluding hydrogens is 459 g/mol. The molecule has 1 saturated heterocycles. The molecule has 1 fully saturated rings. The molecule has 182 valence electrons. The Bertz CT molecular complexity index is 1130. The molecule has 9 heteroatoms. The molecule has 3 aromatic rings. The molecule has 1 aliphatic heterocycles. The SMILES string of the molecule is CC[C@H](O)[C@@H]1CCCN1CCCOc1cc2c(Nc3ccc(F)c(Cl)c3)ncnc2cc1OC. The zero-order chi connectivity index (χ0) is 24.1. The van der Waals surface area contributed by atoms with Crippen LogP contribution in [-0.4, -0.2) is 58.9 Å². The lowest BCUT2D eigenvalue weighted by Crippen LogP contribution is -2.39. The first-order chi connectivity index (χ1) is 16.5. The fourth-order valence-corrected chi connectivity index (χ4v) is 4.61. The second kappa shape index (κ2) is 11.2. The summed E-state index contributed by atoms with van der Waals surface area (Å²) in [5.74, 6) is 1.25. The average Bonchev–Trinajstić information content (AvgIpc) is 3.32. The molecule has 0 radical (unpaired) electrons. The summed E-state index contributed by atoms with van der Waals surface area (Å²) < 4.78 is 25.1. The highest BCUT2D eigenvalue weighted by Gasteiger charge is 2.29. The van der Waals surface area contributed by atoms with Gasteiger partial charge in [-0.25, -0.2) is 14.4 Å². The summed E-state index contributed by atoms with van der Waals surface area (Å²) in [7, 11) is 1.59. The minimum absolute atomic E-state index is 0.0285. The van der Waals surface area contributed by atoms with Crippen LogP contribution in [0.1, 0.15) is 32.6 Å². The van der Waals surface area contributed by atoms with Gasteiger partial charge in [0.1, 0.15) is 18.0 Å². The average molecular weight is 489 g/mol. The summed E-state index contributed by atoms with van der Waals surface area (Å²) in [5.41, 5.74) is 1.29. The van der Waals surface area contributed by atoms with Gasteiger partial charge in [0.2, 0.25) is 0 Å². The third-order valence-corrected chi connectivity index (χ3v) is 6.52. The largest absolute Gasteiger partial charge is 0.493 e. The smallest absolute Gasteiger partial charge is 0.162 e. The summed E-state index contributed by atoms with van der Waals surface area (Å²) in [6, 6.07) is 8.30. The van der Waals surface area contributed by atoms with Gasteiger partial charge in [-0.15, -0.1) is 0 Å². The van der Waals surface area contributed by atoms with Crippen molar-refractivity contribution in [2.45, 2.75) is 44.8 Å². The lowest BCUT2D eigenvalue weighted by Gasteiger charge is -2.28. The van der Waals surface area contributed by atoms with E-state index in [0.29, 0.717) is 35.1 Å². The minimum Gasteiger partial charge on any atom is -0.493 e. The molecule has 2 aromatic carbocycles. The maximum Gasteiger partial charge on any atom is 0.162 e. The molecule has 0 bridgehead atoms. The zero-order valence-electron chi connectivity index (χ0n) is 19.4. The molecule has 0 unspecified atom stereocenters. The van der Waals surface area contributed by atoms with Crippen molar-refractivity contribution in [1.29, 1.82) is 0 Å². The first kappa shape index (κ1) is 24.4. The van der Waals surface area contributed by atoms with Crippen LogP contribution < -0.4 is 14.8 Å². The number of ether oxygens (including phenoxy) is 2. The first-order valence-corrected chi connectivity index (χ1v) is 12.0. The molecule has 7 nitrogen and oxygen atoms in total. The van der Waals surface area contributed by atoms with E-state index in [2.05, 4.69) is 20.2 Å². The highest BCUT2D eigenvalue weighted by molar-refractivity contribution is 6.31. The van der Waals surface area contributed by atoms with Gasteiger partial charge in [-0.2, -0.15) is 0 Å². The number of aliphatic hydroxyl groups excluding tert-OH is 1. The molecule has 2 N–H and O–H groups in total. The molecule has 1 aromatic heterocycles. The number of rotatable bonds is 10. The van der Waals surface area contributed by atoms with Crippen molar-refractivity contribution in [1.82, 2.24) is 14.9 Å². The summed E-state index contributed by atoms with van der Waals surface area (Å²) in [6.45, 7) is 4.42. The summed E-state index contributed by atoms with van der Waals surface area (Å²) in [5, 5.41) is 14.2. The predicted octanol–water partition coefficient (Wildman–Crippen LogP) is 5.18. The van der Waals surface area contributed by atoms with Gasteiger partial charge in [0, 0.05) is 29.7 Å². The number of fused-ring (bicyclic) bond motifs is 1. The van der Waals surface area contributed by atoms with E-state index in [-0.39, 0.29) is 17.2 Å². The molecule has 2 heterocycles. The van der Waals surface area contributed by atoms with Gasteiger partial charge in [-0.1, -0.05) is 18.5 Å². The molecule has 4 rings (SSSR count). The Hall–Kier alpha value is -2.68. The molecule has 0 amide bonds. The third kappa shape index (κ3) is 5.51. The highest BCUT2D eigenvalue weighted by atomic mass is 35.5. The fraction of sp³-hybridized carbons (Fsp3) is 0.440. The van der Waals surface area contributed by atoms with Crippen LogP contribution in [0.3, 0.4) is 0 Å². The minimum atomic E-state index is -0.482. The molecule has 34 heavy (non-hydrogen) atoms. The Morgan fingerprint density at radius 3 is 2.88 bits per heavy atom. The van der Waals surface area contributed by atoms with Crippen LogP contribution in [0, 0.1) is 5.82 Å². The Balaban J connectivity index is 1.47. The number of likely N-dealkylation sites (tertiary alicyclic amines) is 1. The number of nitrogens with zero attached hydrogens (tertiary/aromatic N) is 3. The molecule has 2 atom stereocenters. The van der Waals surface area contributed by atoms with E-state index >= 15 is 0 Å². The summed E-state index contributed by atoms with van der Waals surface area (Å²) in [6.07, 6.45) is 4.95. The van der Waals surface area contributed by atoms with Crippen molar-refractivity contribution < 1.29 is 19.0 Å². The van der Waals surface area contributed by atoms with Crippen molar-refractivity contribution in [2.24, 2.45) is 0 Å². The van der Waals surface area contributed by atoms with Gasteiger partial charge in [0.25, 0.3) is 0 Å². The Morgan fingerprint density at radius 1 is 1.26 bits per heavy atom. The topological polar surface area (TPSA) is 79.7 Å². The van der Waals surface area contributed by atoms with E-state index in [1.807, 2.05) is 19.1 Å². The zero-order valence-corrected chi connectivity index (χ0v) is 20.2. The van der Waals surface area contributed by atoms with E-state index in [4.69, 9.17) is 21.1 Å². The predicted molar refractivity (Wildman–Crippen MR) is 132 cm³/mol. The van der Waals surface area contributed by atoms with Gasteiger partial charge in [-0.05, 0) is 56.5 Å². The van der Waals surface area contributed by atoms with Gasteiger partial charge in [-0.3, -0.25) is 4.90 Å². The van der Waals surface area contributed by atoms with E-state index in [1.54, 1.807) is 13.2 Å². The van der Waals surface area contributed by atoms with Gasteiger partial charge in [0.05, 0.1) is 30.4 Å². The van der Waals surface area contributed by atoms with E-state index < -0.39 is 5.82 Å². The Labute approximate surface area is 203 Å². The molecule has 0 saturated carbocycles. The highest BCUT2D eigenvalue weighted by Crippen LogP contribution is 2.35. The van der Waals surface area contributed by atoms with Crippen LogP contribution in [0.15, 0.2) is 36.7 Å². The lowest BCUT2D eigenvalue weighted by atomic mass is 10.1. The number of halogens is 2. The second-order valence-electron chi connectivity index (χ2n) is 8.42. The van der Waals surface area contributed by atoms with Crippen LogP contribution in [0.5, 0.6) is 11.5 Å². The Kier molecular flexibility index (Phi) is 8.03. The number of aliphatic hydroxyl groups is 1. The van der Waals surface area contributed by atoms with Crippen molar-refractivity contribution in [3.05, 3.63) is 47.5 Å². The van der Waals surface area contributed by atoms with Crippen molar-refractivity contribution in [3.8, 4) is 11.5 Å². The number of aromatic nitrogens is 2. The summed E-state index contributed by atoms with van der Waals surface area (Å²) in [4.78, 5) is 11.1. The Morgan fingerprint density at radius 2 is 2.12 bits per heavy atom. The normalized spacial score (nSPS) is 17.1. The summed E-state index contributed by atoms with van der Waals surface area (Å²) >= 11 is 5.91. The number of benzene rings is 2. The van der Waals surface area contributed by atoms with Crippen LogP contribution >= 0.6 is 11.6 Å². The lowest BCUT2D eigenvalue weighted by molar-refractivity contribution is 0.0674. The molecule has 0 aliphatic carbocycles. The van der Waals surface area contributed by atoms with Crippen molar-refractivity contribution in [3.63, 3.8) is 0 Å². The number of hydrogen-bond acceptors (Lipinski definition) is 7. The second-order valence-corrected chi connectivity index (χ2v) is 8.83. The van der Waals surface area contributed by atoms with Crippen LogP contribution in [-0.2, 0) is 0 Å². The maximum absolute atomic E-state index is 13.5. The van der Waals surface area contributed by atoms with E-state index in [1.165, 1.54) is 18.5 Å². The number of nitrogens with one attached hydrogen (secondary N) is 1. The van der Waals surface area contributed by atoms with Crippen LogP contribution in [0.25, 0.3) is 10.9 Å². The first-order valence-electron chi connectivity index (χ1n) is 11.6. The van der Waals surface area contributed by atoms with E-state index in [0.717, 1.165) is 44.2 Å².